The zero-order valence-electron chi connectivity index (χ0n) is 19.3. The van der Waals surface area contributed by atoms with Crippen LogP contribution in [0.1, 0.15) is 36.6 Å². The van der Waals surface area contributed by atoms with Crippen molar-refractivity contribution in [2.24, 2.45) is 5.92 Å². The van der Waals surface area contributed by atoms with E-state index in [1.165, 1.54) is 4.90 Å². The zero-order valence-corrected chi connectivity index (χ0v) is 20.0. The molecule has 4 rings (SSSR count). The molecule has 0 aliphatic carbocycles. The summed E-state index contributed by atoms with van der Waals surface area (Å²) in [5.41, 5.74) is 2.60. The molecule has 1 amide bonds. The van der Waals surface area contributed by atoms with Gasteiger partial charge in [0, 0.05) is 16.3 Å². The number of hydrogen-bond acceptors (Lipinski definition) is 4. The maximum Gasteiger partial charge on any atom is 0.300 e. The van der Waals surface area contributed by atoms with Gasteiger partial charge in [-0.15, -0.1) is 0 Å². The molecule has 1 aliphatic rings. The predicted molar refractivity (Wildman–Crippen MR) is 134 cm³/mol. The van der Waals surface area contributed by atoms with Crippen LogP contribution in [-0.4, -0.2) is 23.4 Å². The Bertz CT molecular complexity index is 1260. The van der Waals surface area contributed by atoms with Gasteiger partial charge in [0.05, 0.1) is 18.2 Å². The maximum absolute atomic E-state index is 13.2. The Hall–Kier alpha value is -3.57. The highest BCUT2D eigenvalue weighted by molar-refractivity contribution is 6.51. The van der Waals surface area contributed by atoms with E-state index in [0.29, 0.717) is 40.1 Å². The molecule has 3 aromatic rings. The molecular formula is C28H26ClNO4. The minimum absolute atomic E-state index is 0.0182. The fourth-order valence-electron chi connectivity index (χ4n) is 3.99. The molecule has 0 spiro atoms. The van der Waals surface area contributed by atoms with Gasteiger partial charge >= 0.3 is 0 Å². The quantitative estimate of drug-likeness (QED) is 0.258. The zero-order chi connectivity index (χ0) is 24.4. The first kappa shape index (κ1) is 23.6. The van der Waals surface area contributed by atoms with Gasteiger partial charge in [-0.3, -0.25) is 14.5 Å². The molecule has 34 heavy (non-hydrogen) atoms. The molecule has 3 aromatic carbocycles. The third-order valence-corrected chi connectivity index (χ3v) is 5.84. The van der Waals surface area contributed by atoms with Gasteiger partial charge in [-0.2, -0.15) is 0 Å². The Balaban J connectivity index is 1.86. The Labute approximate surface area is 204 Å². The predicted octanol–water partition coefficient (Wildman–Crippen LogP) is 6.31. The second kappa shape index (κ2) is 9.74. The van der Waals surface area contributed by atoms with Gasteiger partial charge in [-0.25, -0.2) is 0 Å². The number of carbonyl (C=O) groups excluding carboxylic acids is 2. The monoisotopic (exact) mass is 475 g/mol. The van der Waals surface area contributed by atoms with Crippen molar-refractivity contribution < 1.29 is 19.4 Å². The van der Waals surface area contributed by atoms with E-state index in [2.05, 4.69) is 13.8 Å². The average molecular weight is 476 g/mol. The van der Waals surface area contributed by atoms with Gasteiger partial charge in [0.2, 0.25) is 0 Å². The van der Waals surface area contributed by atoms with Crippen LogP contribution >= 0.6 is 11.6 Å². The number of hydrogen-bond donors (Lipinski definition) is 1. The van der Waals surface area contributed by atoms with E-state index in [1.54, 1.807) is 30.3 Å². The lowest BCUT2D eigenvalue weighted by molar-refractivity contribution is -0.132. The Kier molecular flexibility index (Phi) is 6.75. The van der Waals surface area contributed by atoms with E-state index >= 15 is 0 Å². The van der Waals surface area contributed by atoms with Crippen LogP contribution in [0.4, 0.5) is 5.69 Å². The van der Waals surface area contributed by atoms with Crippen molar-refractivity contribution in [1.29, 1.82) is 0 Å². The van der Waals surface area contributed by atoms with Crippen molar-refractivity contribution in [2.45, 2.75) is 26.8 Å². The van der Waals surface area contributed by atoms with Crippen molar-refractivity contribution in [1.82, 2.24) is 0 Å². The number of ether oxygens (including phenoxy) is 1. The van der Waals surface area contributed by atoms with E-state index < -0.39 is 17.7 Å². The van der Waals surface area contributed by atoms with E-state index in [1.807, 2.05) is 49.4 Å². The smallest absolute Gasteiger partial charge is 0.300 e. The third-order valence-electron chi connectivity index (χ3n) is 5.60. The molecule has 1 atom stereocenters. The minimum Gasteiger partial charge on any atom is -0.507 e. The van der Waals surface area contributed by atoms with Gasteiger partial charge in [-0.05, 0) is 60.4 Å². The molecule has 1 fully saturated rings. The summed E-state index contributed by atoms with van der Waals surface area (Å²) >= 11 is 6.12. The molecule has 0 saturated carbocycles. The minimum atomic E-state index is -0.806. The van der Waals surface area contributed by atoms with E-state index in [0.717, 1.165) is 5.56 Å². The lowest BCUT2D eigenvalue weighted by Gasteiger charge is -2.26. The molecule has 1 unspecified atom stereocenters. The standard InChI is InChI=1S/C28H26ClNO4/c1-17(2)16-34-23-12-10-19(11-13-23)25-24(26(31)20-7-5-8-21(29)15-20)27(32)28(33)30(25)22-9-4-6-18(3)14-22/h4-15,17,25,31H,16H2,1-3H3/b26-24+. The number of aliphatic hydroxyl groups is 1. The van der Waals surface area contributed by atoms with Crippen LogP contribution in [0.5, 0.6) is 5.75 Å². The first-order valence-corrected chi connectivity index (χ1v) is 11.5. The normalized spacial score (nSPS) is 17.4. The number of nitrogens with zero attached hydrogens (tertiary/aromatic N) is 1. The van der Waals surface area contributed by atoms with Crippen molar-refractivity contribution in [3.8, 4) is 5.75 Å². The first-order chi connectivity index (χ1) is 16.3. The van der Waals surface area contributed by atoms with Gasteiger partial charge in [-0.1, -0.05) is 61.8 Å². The van der Waals surface area contributed by atoms with Crippen molar-refractivity contribution >= 4 is 34.7 Å². The Morgan fingerprint density at radius 3 is 2.38 bits per heavy atom. The summed E-state index contributed by atoms with van der Waals surface area (Å²) in [6.07, 6.45) is 0. The molecule has 0 bridgehead atoms. The molecule has 0 radical (unpaired) electrons. The first-order valence-electron chi connectivity index (χ1n) is 11.1. The van der Waals surface area contributed by atoms with E-state index in [4.69, 9.17) is 16.3 Å². The summed E-state index contributed by atoms with van der Waals surface area (Å²) < 4.78 is 5.79. The van der Waals surface area contributed by atoms with E-state index in [-0.39, 0.29) is 11.3 Å². The Morgan fingerprint density at radius 2 is 1.74 bits per heavy atom. The summed E-state index contributed by atoms with van der Waals surface area (Å²) in [6, 6.07) is 20.4. The maximum atomic E-state index is 13.2. The fraction of sp³-hybridized carbons (Fsp3) is 0.214. The number of amides is 1. The van der Waals surface area contributed by atoms with Gasteiger partial charge in [0.1, 0.15) is 11.5 Å². The lowest BCUT2D eigenvalue weighted by Crippen LogP contribution is -2.29. The number of aliphatic hydroxyl groups excluding tert-OH is 1. The van der Waals surface area contributed by atoms with Crippen LogP contribution in [0.15, 0.2) is 78.4 Å². The second-order valence-electron chi connectivity index (χ2n) is 8.79. The molecule has 1 heterocycles. The molecule has 1 N–H and O–H groups in total. The topological polar surface area (TPSA) is 66.8 Å². The summed E-state index contributed by atoms with van der Waals surface area (Å²) in [7, 11) is 0. The molecule has 5 nitrogen and oxygen atoms in total. The van der Waals surface area contributed by atoms with Crippen molar-refractivity contribution in [3.05, 3.63) is 100 Å². The largest absolute Gasteiger partial charge is 0.507 e. The van der Waals surface area contributed by atoms with Crippen LogP contribution in [0.3, 0.4) is 0 Å². The molecular weight excluding hydrogens is 450 g/mol. The highest BCUT2D eigenvalue weighted by atomic mass is 35.5. The average Bonchev–Trinajstić information content (AvgIpc) is 3.08. The number of aryl methyl sites for hydroxylation is 1. The molecule has 6 heteroatoms. The van der Waals surface area contributed by atoms with Gasteiger partial charge in [0.15, 0.2) is 0 Å². The highest BCUT2D eigenvalue weighted by Crippen LogP contribution is 2.42. The fourth-order valence-corrected chi connectivity index (χ4v) is 4.18. The third kappa shape index (κ3) is 4.70. The molecule has 1 aliphatic heterocycles. The van der Waals surface area contributed by atoms with Crippen LogP contribution < -0.4 is 9.64 Å². The van der Waals surface area contributed by atoms with Crippen molar-refractivity contribution in [2.75, 3.05) is 11.5 Å². The molecule has 174 valence electrons. The lowest BCUT2D eigenvalue weighted by atomic mass is 9.95. The summed E-state index contributed by atoms with van der Waals surface area (Å²) in [4.78, 5) is 27.9. The number of benzene rings is 3. The van der Waals surface area contributed by atoms with Crippen molar-refractivity contribution in [3.63, 3.8) is 0 Å². The highest BCUT2D eigenvalue weighted by Gasteiger charge is 2.47. The summed E-state index contributed by atoms with van der Waals surface area (Å²) in [6.45, 7) is 6.64. The second-order valence-corrected chi connectivity index (χ2v) is 9.23. The van der Waals surface area contributed by atoms with Gasteiger partial charge in [0.25, 0.3) is 11.7 Å². The van der Waals surface area contributed by atoms with Crippen LogP contribution in [0, 0.1) is 12.8 Å². The SMILES string of the molecule is Cc1cccc(N2C(=O)C(=O)/C(=C(/O)c3cccc(Cl)c3)C2c2ccc(OCC(C)C)cc2)c1. The molecule has 0 aromatic heterocycles. The molecule has 1 saturated heterocycles. The number of anilines is 1. The number of ketones is 1. The summed E-state index contributed by atoms with van der Waals surface area (Å²) in [5, 5.41) is 11.6. The van der Waals surface area contributed by atoms with E-state index in [9.17, 15) is 14.7 Å². The summed E-state index contributed by atoms with van der Waals surface area (Å²) in [5.74, 6) is -0.630. The van der Waals surface area contributed by atoms with Crippen LogP contribution in [0.2, 0.25) is 5.02 Å². The Morgan fingerprint density at radius 1 is 1.03 bits per heavy atom. The van der Waals surface area contributed by atoms with Crippen LogP contribution in [0.25, 0.3) is 5.76 Å². The number of halogens is 1. The van der Waals surface area contributed by atoms with Gasteiger partial charge < -0.3 is 9.84 Å². The number of Topliss-reactive ketones (excluding diaryl/α,β-unsaturated/α-hetero) is 1. The van der Waals surface area contributed by atoms with Crippen LogP contribution in [-0.2, 0) is 9.59 Å². The number of carbonyl (C=O) groups is 2. The number of rotatable bonds is 6.